The first-order valence-corrected chi connectivity index (χ1v) is 18.6. The molecule has 0 bridgehead atoms. The zero-order valence-electron chi connectivity index (χ0n) is 28.9. The van der Waals surface area contributed by atoms with Crippen molar-refractivity contribution in [3.63, 3.8) is 0 Å². The normalized spacial score (nSPS) is 19.9. The number of aromatic nitrogens is 5. The van der Waals surface area contributed by atoms with Gasteiger partial charge in [0.1, 0.15) is 23.7 Å². The second-order valence-corrected chi connectivity index (χ2v) is 16.1. The number of H-pyrrole nitrogens is 1. The van der Waals surface area contributed by atoms with Gasteiger partial charge in [0.05, 0.1) is 36.4 Å². The van der Waals surface area contributed by atoms with Crippen LogP contribution in [0, 0.1) is 0 Å². The number of nitrogen functional groups attached to an aromatic ring is 1. The minimum Gasteiger partial charge on any atom is -0.504 e. The molecule has 1 aromatic carbocycles. The Labute approximate surface area is 315 Å². The van der Waals surface area contributed by atoms with E-state index in [4.69, 9.17) is 22.2 Å². The van der Waals surface area contributed by atoms with Crippen LogP contribution in [0.4, 0.5) is 5.13 Å². The summed E-state index contributed by atoms with van der Waals surface area (Å²) in [6.07, 6.45) is 1.33. The highest BCUT2D eigenvalue weighted by Crippen LogP contribution is 2.44. The number of nitrogens with one attached hydrogen (secondary N) is 2. The first-order valence-electron chi connectivity index (χ1n) is 16.2. The molecule has 0 unspecified atom stereocenters. The number of aromatic hydroxyl groups is 2. The van der Waals surface area contributed by atoms with Gasteiger partial charge in [0.25, 0.3) is 17.7 Å². The van der Waals surface area contributed by atoms with Crippen LogP contribution in [0.2, 0.25) is 5.02 Å². The number of likely N-dealkylation sites (N-methyl/N-ethyl adjacent to an activating group) is 1. The van der Waals surface area contributed by atoms with E-state index in [2.05, 4.69) is 50.2 Å². The zero-order chi connectivity index (χ0) is 38.4. The second kappa shape index (κ2) is 14.4. The van der Waals surface area contributed by atoms with Crippen LogP contribution in [0.1, 0.15) is 48.6 Å². The molecular formula is C31H37ClN11O8S2+. The molecule has 5 heterocycles. The summed E-state index contributed by atoms with van der Waals surface area (Å²) in [5, 5.41) is 51.1. The van der Waals surface area contributed by atoms with Gasteiger partial charge >= 0.3 is 5.97 Å². The Morgan fingerprint density at radius 3 is 2.57 bits per heavy atom. The molecule has 19 nitrogen and oxygen atoms in total. The number of carbonyl (C=O) groups excluding carboxylic acids is 3. The lowest BCUT2D eigenvalue weighted by molar-refractivity contribution is -0.911. The number of thioether (sulfide) groups is 1. The highest BCUT2D eigenvalue weighted by Gasteiger charge is 2.55. The number of tetrazole rings is 1. The Morgan fingerprint density at radius 1 is 1.23 bits per heavy atom. The zero-order valence-corrected chi connectivity index (χ0v) is 31.3. The number of rotatable bonds is 11. The van der Waals surface area contributed by atoms with Crippen molar-refractivity contribution in [1.82, 2.24) is 40.7 Å². The maximum atomic E-state index is 13.8. The van der Waals surface area contributed by atoms with Crippen molar-refractivity contribution in [2.45, 2.75) is 49.7 Å². The number of β-lactam (4-membered cyclic amide) rings is 1. The average Bonchev–Trinajstić information content (AvgIpc) is 3.81. The number of aliphatic carboxylic acids is 1. The number of nitrogens with zero attached hydrogens (tertiary/aromatic N) is 8. The van der Waals surface area contributed by atoms with E-state index in [0.717, 1.165) is 16.9 Å². The van der Waals surface area contributed by atoms with Gasteiger partial charge < -0.3 is 40.6 Å². The average molecular weight is 791 g/mol. The molecule has 0 radical (unpaired) electrons. The molecule has 0 saturated carbocycles. The molecular weight excluding hydrogens is 754 g/mol. The number of hydrogen-bond acceptors (Lipinski definition) is 15. The molecule has 0 aliphatic carbocycles. The monoisotopic (exact) mass is 790 g/mol. The second-order valence-electron chi connectivity index (χ2n) is 13.7. The predicted octanol–water partition coefficient (Wildman–Crippen LogP) is 1.08. The molecule has 2 fully saturated rings. The van der Waals surface area contributed by atoms with E-state index in [1.807, 2.05) is 0 Å². The van der Waals surface area contributed by atoms with Crippen molar-refractivity contribution in [2.24, 2.45) is 5.16 Å². The van der Waals surface area contributed by atoms with Crippen molar-refractivity contribution in [3.8, 4) is 11.5 Å². The van der Waals surface area contributed by atoms with Crippen molar-refractivity contribution >= 4 is 74.9 Å². The molecule has 3 aliphatic heterocycles. The molecule has 3 amide bonds. The lowest BCUT2D eigenvalue weighted by atomic mass is 9.98. The number of carbonyl (C=O) groups is 4. The van der Waals surface area contributed by atoms with E-state index in [9.17, 15) is 34.5 Å². The quantitative estimate of drug-likeness (QED) is 0.0522. The van der Waals surface area contributed by atoms with Gasteiger partial charge in [0, 0.05) is 42.6 Å². The summed E-state index contributed by atoms with van der Waals surface area (Å²) in [6.45, 7) is 3.94. The summed E-state index contributed by atoms with van der Waals surface area (Å²) in [7, 11) is 4.16. The topological polar surface area (TPSA) is 262 Å². The molecule has 53 heavy (non-hydrogen) atoms. The van der Waals surface area contributed by atoms with Crippen molar-refractivity contribution in [3.05, 3.63) is 45.2 Å². The van der Waals surface area contributed by atoms with Gasteiger partial charge in [-0.1, -0.05) is 16.8 Å². The summed E-state index contributed by atoms with van der Waals surface area (Å²) in [5.41, 5.74) is 5.22. The van der Waals surface area contributed by atoms with Gasteiger partial charge in [-0.3, -0.25) is 19.3 Å². The number of phenols is 2. The Kier molecular flexibility index (Phi) is 10.3. The number of oxime groups is 1. The number of benzene rings is 1. The molecule has 2 saturated heterocycles. The van der Waals surface area contributed by atoms with Crippen LogP contribution in [-0.2, 0) is 19.2 Å². The van der Waals surface area contributed by atoms with Crippen LogP contribution in [0.5, 0.6) is 11.5 Å². The lowest BCUT2D eigenvalue weighted by Gasteiger charge is -2.51. The molecule has 2 atom stereocenters. The van der Waals surface area contributed by atoms with Crippen molar-refractivity contribution in [1.29, 1.82) is 0 Å². The summed E-state index contributed by atoms with van der Waals surface area (Å²) in [5.74, 6) is -3.12. The third kappa shape index (κ3) is 7.33. The molecule has 2 aromatic heterocycles. The molecule has 22 heteroatoms. The number of halogens is 1. The fourth-order valence-corrected chi connectivity index (χ4v) is 8.49. The highest BCUT2D eigenvalue weighted by atomic mass is 35.5. The predicted molar refractivity (Wildman–Crippen MR) is 193 cm³/mol. The third-order valence-electron chi connectivity index (χ3n) is 9.41. The number of carboxylic acids is 1. The number of nitrogens with two attached hydrogens (primary N) is 1. The number of anilines is 1. The lowest BCUT2D eigenvalue weighted by Crippen LogP contribution is -2.70. The van der Waals surface area contributed by atoms with Crippen LogP contribution in [0.15, 0.2) is 28.2 Å². The first kappa shape index (κ1) is 37.8. The van der Waals surface area contributed by atoms with Gasteiger partial charge in [-0.25, -0.2) is 9.78 Å². The fraction of sp³-hybridized carbons (Fsp3) is 0.452. The van der Waals surface area contributed by atoms with E-state index in [1.54, 1.807) is 9.80 Å². The number of thiazole rings is 1. The van der Waals surface area contributed by atoms with E-state index in [-0.39, 0.29) is 44.9 Å². The van der Waals surface area contributed by atoms with Gasteiger partial charge in [-0.2, -0.15) is 5.21 Å². The van der Waals surface area contributed by atoms with Crippen LogP contribution < -0.4 is 11.1 Å². The number of phenolic OH excluding ortho intramolecular Hbond substituents is 2. The standard InChI is InChI=1S/C31H36ClN11O8S2/c1-31(2,29(49)50)51-38-20(17-13-53-30(33)34-17)25(46)35-21-27(48)42-22(24-36-39-40-37-24)14(12-52-28(21)42)11-43(3,4)15-7-9-41(10-8-15)26(47)16-5-6-18(44)23(45)19(16)32/h5-6,13,15,21,28H,7-12H2,1-4H3,(H6-,33,34,35,36,37,38,39,40,44,45,46,47,49,50)/p+1/t21-,28-/m1/s1. The van der Waals surface area contributed by atoms with Crippen molar-refractivity contribution in [2.75, 3.05) is 45.2 Å². The molecule has 3 aliphatic rings. The maximum absolute atomic E-state index is 13.8. The van der Waals surface area contributed by atoms with Gasteiger partial charge in [0.15, 0.2) is 22.3 Å². The first-order chi connectivity index (χ1) is 25.0. The van der Waals surface area contributed by atoms with Crippen LogP contribution in [-0.4, -0.2) is 147 Å². The fourth-order valence-electron chi connectivity index (χ4n) is 6.37. The molecule has 282 valence electrons. The highest BCUT2D eigenvalue weighted by molar-refractivity contribution is 8.00. The number of aromatic amines is 1. The van der Waals surface area contributed by atoms with Gasteiger partial charge in [0.2, 0.25) is 11.4 Å². The number of amides is 3. The third-order valence-corrected chi connectivity index (χ3v) is 11.8. The summed E-state index contributed by atoms with van der Waals surface area (Å²) < 4.78 is 0.524. The molecule has 3 aromatic rings. The van der Waals surface area contributed by atoms with E-state index in [1.165, 1.54) is 43.1 Å². The van der Waals surface area contributed by atoms with Crippen LogP contribution in [0.3, 0.4) is 0 Å². The Hall–Kier alpha value is -4.99. The Bertz CT molecular complexity index is 2010. The molecule has 6 rings (SSSR count). The molecule has 0 spiro atoms. The van der Waals surface area contributed by atoms with Crippen molar-refractivity contribution < 1.29 is 43.8 Å². The number of likely N-dealkylation sites (tertiary alicyclic amines) is 1. The number of fused-ring (bicyclic) bond motifs is 1. The largest absolute Gasteiger partial charge is 0.504 e. The van der Waals surface area contributed by atoms with E-state index >= 15 is 0 Å². The summed E-state index contributed by atoms with van der Waals surface area (Å²) in [6, 6.07) is 1.78. The number of piperidine rings is 1. The van der Waals surface area contributed by atoms with Gasteiger partial charge in [-0.15, -0.1) is 33.3 Å². The summed E-state index contributed by atoms with van der Waals surface area (Å²) in [4.78, 5) is 64.7. The minimum atomic E-state index is -1.76. The Balaban J connectivity index is 1.17. The summed E-state index contributed by atoms with van der Waals surface area (Å²) >= 11 is 8.66. The smallest absolute Gasteiger partial charge is 0.350 e. The van der Waals surface area contributed by atoms with Gasteiger partial charge in [-0.05, 0) is 31.2 Å². The SMILES string of the molecule is CC(C)(O/N=C(\C(=O)N[C@@H]1C(=O)N2C(c3nn[nH]n3)=C(C[N+](C)(C)C3CCN(C(=O)c4ccc(O)c(O)c4Cl)CC3)CS[C@H]12)c1csc(N)n1)C(=O)O. The minimum absolute atomic E-state index is 0.0550. The number of quaternary nitrogens is 1. The van der Waals surface area contributed by atoms with Crippen LogP contribution >= 0.6 is 34.7 Å². The molecule has 7 N–H and O–H groups in total. The number of carboxylic acid groups (broad SMARTS) is 1. The van der Waals surface area contributed by atoms with Crippen LogP contribution in [0.25, 0.3) is 5.70 Å². The van der Waals surface area contributed by atoms with E-state index in [0.29, 0.717) is 48.4 Å². The van der Waals surface area contributed by atoms with E-state index < -0.39 is 46.3 Å². The maximum Gasteiger partial charge on any atom is 0.350 e. The Morgan fingerprint density at radius 2 is 1.94 bits per heavy atom. The number of hydrogen-bond donors (Lipinski definition) is 6.